The first kappa shape index (κ1) is 18.2. The molecule has 1 saturated carbocycles. The molecule has 2 aromatic rings. The normalized spacial score (nSPS) is 22.9. The zero-order valence-electron chi connectivity index (χ0n) is 15.6. The van der Waals surface area contributed by atoms with Gasteiger partial charge in [0.25, 0.3) is 5.91 Å². The summed E-state index contributed by atoms with van der Waals surface area (Å²) in [6.45, 7) is 2.28. The van der Waals surface area contributed by atoms with Crippen molar-refractivity contribution < 1.29 is 19.5 Å². The summed E-state index contributed by atoms with van der Waals surface area (Å²) in [5.41, 5.74) is 2.84. The minimum absolute atomic E-state index is 0.0348. The molecule has 1 heterocycles. The maximum absolute atomic E-state index is 13.1. The fraction of sp³-hybridized carbons (Fsp3) is 0.318. The van der Waals surface area contributed by atoms with E-state index < -0.39 is 12.0 Å². The number of carboxylic acid groups (broad SMARTS) is 1. The number of hydrogen-bond donors (Lipinski definition) is 2. The molecule has 4 rings (SSSR count). The van der Waals surface area contributed by atoms with Crippen LogP contribution in [0.5, 0.6) is 0 Å². The molecule has 0 bridgehead atoms. The van der Waals surface area contributed by atoms with E-state index >= 15 is 0 Å². The van der Waals surface area contributed by atoms with Crippen LogP contribution in [0.25, 0.3) is 0 Å². The van der Waals surface area contributed by atoms with Crippen LogP contribution in [0.3, 0.4) is 0 Å². The number of nitrogens with one attached hydrogen (secondary N) is 1. The SMILES string of the molecule is CC1CC1C(=O)Nc1cccc(C(=O)N2Cc3ccccc3CC2C(=O)O)c1. The fourth-order valence-electron chi connectivity index (χ4n) is 3.78. The Morgan fingerprint density at radius 1 is 1.07 bits per heavy atom. The number of amides is 2. The number of aliphatic carboxylic acids is 1. The lowest BCUT2D eigenvalue weighted by atomic mass is 9.93. The molecule has 6 nitrogen and oxygen atoms in total. The molecule has 2 N–H and O–H groups in total. The van der Waals surface area contributed by atoms with Gasteiger partial charge in [0.05, 0.1) is 0 Å². The van der Waals surface area contributed by atoms with Crippen molar-refractivity contribution in [3.8, 4) is 0 Å². The molecule has 6 heteroatoms. The molecule has 1 fully saturated rings. The van der Waals surface area contributed by atoms with Crippen LogP contribution in [0.1, 0.15) is 34.8 Å². The smallest absolute Gasteiger partial charge is 0.326 e. The molecule has 0 aromatic heterocycles. The van der Waals surface area contributed by atoms with Crippen LogP contribution in [0.4, 0.5) is 5.69 Å². The Labute approximate surface area is 163 Å². The molecule has 144 valence electrons. The van der Waals surface area contributed by atoms with Crippen molar-refractivity contribution in [2.45, 2.75) is 32.4 Å². The molecule has 2 aliphatic rings. The molecule has 0 spiro atoms. The number of carboxylic acids is 1. The largest absolute Gasteiger partial charge is 0.480 e. The monoisotopic (exact) mass is 378 g/mol. The summed E-state index contributed by atoms with van der Waals surface area (Å²) < 4.78 is 0. The van der Waals surface area contributed by atoms with Crippen molar-refractivity contribution >= 4 is 23.5 Å². The predicted octanol–water partition coefficient (Wildman–Crippen LogP) is 2.93. The number of carbonyl (C=O) groups is 3. The van der Waals surface area contributed by atoms with Gasteiger partial charge in [-0.2, -0.15) is 0 Å². The van der Waals surface area contributed by atoms with E-state index in [4.69, 9.17) is 0 Å². The molecule has 28 heavy (non-hydrogen) atoms. The van der Waals surface area contributed by atoms with Crippen LogP contribution in [-0.4, -0.2) is 33.8 Å². The summed E-state index contributed by atoms with van der Waals surface area (Å²) in [5, 5.41) is 12.5. The summed E-state index contributed by atoms with van der Waals surface area (Å²) in [7, 11) is 0. The molecule has 2 aromatic carbocycles. The maximum Gasteiger partial charge on any atom is 0.326 e. The predicted molar refractivity (Wildman–Crippen MR) is 104 cm³/mol. The molecule has 3 unspecified atom stereocenters. The minimum Gasteiger partial charge on any atom is -0.480 e. The highest BCUT2D eigenvalue weighted by Gasteiger charge is 2.39. The van der Waals surface area contributed by atoms with E-state index in [-0.39, 0.29) is 30.7 Å². The van der Waals surface area contributed by atoms with E-state index in [1.54, 1.807) is 24.3 Å². The number of anilines is 1. The van der Waals surface area contributed by atoms with Gasteiger partial charge in [0.15, 0.2) is 0 Å². The summed E-state index contributed by atoms with van der Waals surface area (Å²) in [6, 6.07) is 13.4. The zero-order chi connectivity index (χ0) is 19.8. The lowest BCUT2D eigenvalue weighted by molar-refractivity contribution is -0.142. The van der Waals surface area contributed by atoms with Gasteiger partial charge >= 0.3 is 5.97 Å². The fourth-order valence-corrected chi connectivity index (χ4v) is 3.78. The van der Waals surface area contributed by atoms with Gasteiger partial charge in [0.1, 0.15) is 6.04 Å². The zero-order valence-corrected chi connectivity index (χ0v) is 15.6. The number of hydrogen-bond acceptors (Lipinski definition) is 3. The summed E-state index contributed by atoms with van der Waals surface area (Å²) >= 11 is 0. The van der Waals surface area contributed by atoms with Crippen LogP contribution in [0.2, 0.25) is 0 Å². The number of nitrogens with zero attached hydrogens (tertiary/aromatic N) is 1. The average Bonchev–Trinajstić information content (AvgIpc) is 3.43. The summed E-state index contributed by atoms with van der Waals surface area (Å²) in [4.78, 5) is 38.5. The van der Waals surface area contributed by atoms with Crippen LogP contribution in [-0.2, 0) is 22.6 Å². The molecule has 0 radical (unpaired) electrons. The highest BCUT2D eigenvalue weighted by molar-refractivity contribution is 5.99. The number of benzene rings is 2. The second-order valence-electron chi connectivity index (χ2n) is 7.65. The highest BCUT2D eigenvalue weighted by Crippen LogP contribution is 2.38. The third kappa shape index (κ3) is 3.50. The van der Waals surface area contributed by atoms with Gasteiger partial charge in [-0.1, -0.05) is 37.3 Å². The van der Waals surface area contributed by atoms with Gasteiger partial charge in [-0.05, 0) is 41.7 Å². The first-order valence-corrected chi connectivity index (χ1v) is 9.45. The first-order valence-electron chi connectivity index (χ1n) is 9.45. The molecule has 3 atom stereocenters. The van der Waals surface area contributed by atoms with Crippen LogP contribution >= 0.6 is 0 Å². The Morgan fingerprint density at radius 2 is 1.79 bits per heavy atom. The van der Waals surface area contributed by atoms with E-state index in [9.17, 15) is 19.5 Å². The topological polar surface area (TPSA) is 86.7 Å². The Bertz CT molecular complexity index is 955. The minimum atomic E-state index is -1.02. The standard InChI is InChI=1S/C22H22N2O4/c1-13-9-18(13)20(25)23-17-8-4-7-15(10-17)21(26)24-12-16-6-3-2-5-14(16)11-19(24)22(27)28/h2-8,10,13,18-19H,9,11-12H2,1H3,(H,23,25)(H,27,28). The lowest BCUT2D eigenvalue weighted by Gasteiger charge is -2.34. The molecular formula is C22H22N2O4. The van der Waals surface area contributed by atoms with Crippen LogP contribution in [0, 0.1) is 11.8 Å². The summed E-state index contributed by atoms with van der Waals surface area (Å²) in [5.74, 6) is -0.968. The molecule has 2 amide bonds. The molecule has 1 aliphatic heterocycles. The van der Waals surface area contributed by atoms with Gasteiger partial charge in [-0.3, -0.25) is 9.59 Å². The van der Waals surface area contributed by atoms with Crippen LogP contribution in [0.15, 0.2) is 48.5 Å². The lowest BCUT2D eigenvalue weighted by Crippen LogP contribution is -2.48. The Morgan fingerprint density at radius 3 is 2.46 bits per heavy atom. The van der Waals surface area contributed by atoms with Gasteiger partial charge in [0.2, 0.25) is 5.91 Å². The van der Waals surface area contributed by atoms with Gasteiger partial charge in [-0.15, -0.1) is 0 Å². The number of fused-ring (bicyclic) bond motifs is 1. The van der Waals surface area contributed by atoms with Crippen molar-refractivity contribution in [1.29, 1.82) is 0 Å². The van der Waals surface area contributed by atoms with Gasteiger partial charge in [-0.25, -0.2) is 4.79 Å². The molecule has 1 aliphatic carbocycles. The van der Waals surface area contributed by atoms with Crippen molar-refractivity contribution in [2.75, 3.05) is 5.32 Å². The quantitative estimate of drug-likeness (QED) is 0.856. The average molecular weight is 378 g/mol. The second-order valence-corrected chi connectivity index (χ2v) is 7.65. The second kappa shape index (κ2) is 7.11. The summed E-state index contributed by atoms with van der Waals surface area (Å²) in [6.07, 6.45) is 1.17. The van der Waals surface area contributed by atoms with E-state index in [0.29, 0.717) is 17.2 Å². The Kier molecular flexibility index (Phi) is 4.63. The highest BCUT2D eigenvalue weighted by atomic mass is 16.4. The van der Waals surface area contributed by atoms with E-state index in [1.807, 2.05) is 31.2 Å². The van der Waals surface area contributed by atoms with Gasteiger partial charge < -0.3 is 15.3 Å². The van der Waals surface area contributed by atoms with Crippen molar-refractivity contribution in [2.24, 2.45) is 11.8 Å². The third-order valence-electron chi connectivity index (χ3n) is 5.62. The number of rotatable bonds is 4. The maximum atomic E-state index is 13.1. The Hall–Kier alpha value is -3.15. The van der Waals surface area contributed by atoms with E-state index in [2.05, 4.69) is 5.32 Å². The van der Waals surface area contributed by atoms with Crippen molar-refractivity contribution in [1.82, 2.24) is 4.90 Å². The van der Waals surface area contributed by atoms with E-state index in [1.165, 1.54) is 4.90 Å². The Balaban J connectivity index is 1.57. The van der Waals surface area contributed by atoms with E-state index in [0.717, 1.165) is 17.5 Å². The van der Waals surface area contributed by atoms with Gasteiger partial charge in [0, 0.05) is 30.1 Å². The first-order chi connectivity index (χ1) is 13.4. The molecular weight excluding hydrogens is 356 g/mol. The van der Waals surface area contributed by atoms with Crippen molar-refractivity contribution in [3.63, 3.8) is 0 Å². The van der Waals surface area contributed by atoms with Crippen LogP contribution < -0.4 is 5.32 Å². The third-order valence-corrected chi connectivity index (χ3v) is 5.62. The molecule has 0 saturated heterocycles. The number of carbonyl (C=O) groups excluding carboxylic acids is 2. The van der Waals surface area contributed by atoms with Crippen molar-refractivity contribution in [3.05, 3.63) is 65.2 Å².